The number of Topliss-reactive ketones (excluding diaryl/α,β-unsaturated/α-hetero) is 1. The smallest absolute Gasteiger partial charge is 0.317 e. The molecule has 0 bridgehead atoms. The van der Waals surface area contributed by atoms with Crippen molar-refractivity contribution >= 4 is 11.8 Å². The number of rotatable bonds is 0. The molecule has 1 aliphatic heterocycles. The lowest BCUT2D eigenvalue weighted by Gasteiger charge is -2.35. The van der Waals surface area contributed by atoms with Crippen molar-refractivity contribution in [3.63, 3.8) is 0 Å². The second-order valence-electron chi connectivity index (χ2n) is 4.66. The quantitative estimate of drug-likeness (QED) is 0.428. The number of carbonyl (C=O) groups excluding carboxylic acids is 2. The van der Waals surface area contributed by atoms with Crippen molar-refractivity contribution in [1.29, 1.82) is 0 Å². The first-order valence-corrected chi connectivity index (χ1v) is 5.05. The van der Waals surface area contributed by atoms with E-state index in [1.54, 1.807) is 0 Å². The summed E-state index contributed by atoms with van der Waals surface area (Å²) >= 11 is 0. The summed E-state index contributed by atoms with van der Waals surface area (Å²) in [5.74, 6) is 0.0347. The molecule has 14 heavy (non-hydrogen) atoms. The number of cyclic esters (lactones) is 1. The van der Waals surface area contributed by atoms with E-state index in [0.29, 0.717) is 19.4 Å². The zero-order valence-electron chi connectivity index (χ0n) is 7.91. The molecule has 3 heteroatoms. The zero-order valence-corrected chi connectivity index (χ0v) is 7.91. The van der Waals surface area contributed by atoms with E-state index in [1.165, 1.54) is 0 Å². The van der Waals surface area contributed by atoms with Gasteiger partial charge in [-0.15, -0.1) is 0 Å². The predicted molar refractivity (Wildman–Crippen MR) is 48.4 cm³/mol. The summed E-state index contributed by atoms with van der Waals surface area (Å²) in [6.45, 7) is 0.446. The molecular weight excluding hydrogens is 180 g/mol. The molecule has 1 saturated carbocycles. The molecule has 0 amide bonds. The third-order valence-corrected chi connectivity index (χ3v) is 3.99. The maximum atomic E-state index is 11.7. The largest absolute Gasteiger partial charge is 0.464 e. The molecule has 0 aromatic heterocycles. The number of esters is 1. The van der Waals surface area contributed by atoms with Crippen LogP contribution < -0.4 is 0 Å². The summed E-state index contributed by atoms with van der Waals surface area (Å²) in [7, 11) is 0. The van der Waals surface area contributed by atoms with Crippen LogP contribution in [0.25, 0.3) is 0 Å². The molecular formula is C11H12O3. The maximum absolute atomic E-state index is 11.7. The number of carbonyl (C=O) groups is 2. The van der Waals surface area contributed by atoms with Gasteiger partial charge in [0.15, 0.2) is 0 Å². The van der Waals surface area contributed by atoms with Gasteiger partial charge in [-0.25, -0.2) is 0 Å². The van der Waals surface area contributed by atoms with Gasteiger partial charge in [0.1, 0.15) is 11.2 Å². The van der Waals surface area contributed by atoms with E-state index in [2.05, 4.69) is 0 Å². The number of ketones is 1. The van der Waals surface area contributed by atoms with Crippen LogP contribution in [0.15, 0.2) is 12.2 Å². The van der Waals surface area contributed by atoms with Crippen LogP contribution in [-0.4, -0.2) is 18.4 Å². The summed E-state index contributed by atoms with van der Waals surface area (Å²) in [5.41, 5.74) is -0.766. The Hall–Kier alpha value is -1.12. The number of hydrogen-bond donors (Lipinski definition) is 0. The van der Waals surface area contributed by atoms with Gasteiger partial charge in [0.05, 0.1) is 6.61 Å². The molecule has 3 aliphatic rings. The molecule has 0 radical (unpaired) electrons. The standard InChI is InChI=1S/C11H12O3/c12-8-5-10-3-1-2-4-11(10,6-8)9(13)14-7-10/h2,4H,1,3,5-7H2/t10-,11+/m0/s1. The maximum Gasteiger partial charge on any atom is 0.317 e. The lowest BCUT2D eigenvalue weighted by atomic mass is 9.63. The highest BCUT2D eigenvalue weighted by Gasteiger charge is 2.66. The summed E-state index contributed by atoms with van der Waals surface area (Å²) in [4.78, 5) is 23.2. The molecule has 0 unspecified atom stereocenters. The minimum absolute atomic E-state index is 0.181. The summed E-state index contributed by atoms with van der Waals surface area (Å²) in [6.07, 6.45) is 6.72. The highest BCUT2D eigenvalue weighted by atomic mass is 16.5. The average Bonchev–Trinajstić information content (AvgIpc) is 2.60. The minimum atomic E-state index is -0.581. The van der Waals surface area contributed by atoms with Gasteiger partial charge in [0.25, 0.3) is 0 Å². The number of hydrogen-bond acceptors (Lipinski definition) is 3. The molecule has 0 spiro atoms. The van der Waals surface area contributed by atoms with Gasteiger partial charge in [0, 0.05) is 18.3 Å². The molecule has 2 fully saturated rings. The van der Waals surface area contributed by atoms with Gasteiger partial charge in [-0.1, -0.05) is 12.2 Å². The van der Waals surface area contributed by atoms with Gasteiger partial charge in [-0.3, -0.25) is 9.59 Å². The third kappa shape index (κ3) is 0.703. The lowest BCUT2D eigenvalue weighted by molar-refractivity contribution is -0.145. The van der Waals surface area contributed by atoms with E-state index >= 15 is 0 Å². The van der Waals surface area contributed by atoms with Crippen molar-refractivity contribution in [1.82, 2.24) is 0 Å². The fraction of sp³-hybridized carbons (Fsp3) is 0.636. The molecule has 74 valence electrons. The molecule has 3 nitrogen and oxygen atoms in total. The van der Waals surface area contributed by atoms with E-state index in [4.69, 9.17) is 4.74 Å². The van der Waals surface area contributed by atoms with Crippen molar-refractivity contribution < 1.29 is 14.3 Å². The van der Waals surface area contributed by atoms with Gasteiger partial charge >= 0.3 is 5.97 Å². The first kappa shape index (κ1) is 8.21. The Kier molecular flexibility index (Phi) is 1.33. The second kappa shape index (κ2) is 2.27. The molecule has 2 aliphatic carbocycles. The van der Waals surface area contributed by atoms with Crippen molar-refractivity contribution in [3.05, 3.63) is 12.2 Å². The zero-order chi connectivity index (χ0) is 9.81. The van der Waals surface area contributed by atoms with E-state index in [0.717, 1.165) is 12.8 Å². The van der Waals surface area contributed by atoms with Gasteiger partial charge in [0.2, 0.25) is 0 Å². The topological polar surface area (TPSA) is 43.4 Å². The van der Waals surface area contributed by atoms with Crippen LogP contribution in [0.4, 0.5) is 0 Å². The highest BCUT2D eigenvalue weighted by molar-refractivity contribution is 5.95. The van der Waals surface area contributed by atoms with Crippen molar-refractivity contribution in [2.24, 2.45) is 10.8 Å². The van der Waals surface area contributed by atoms with Crippen molar-refractivity contribution in [2.45, 2.75) is 25.7 Å². The van der Waals surface area contributed by atoms with E-state index in [-0.39, 0.29) is 17.2 Å². The molecule has 3 rings (SSSR count). The lowest BCUT2D eigenvalue weighted by Crippen LogP contribution is -2.38. The van der Waals surface area contributed by atoms with E-state index in [1.807, 2.05) is 12.2 Å². The summed E-state index contributed by atoms with van der Waals surface area (Å²) in [6, 6.07) is 0. The average molecular weight is 192 g/mol. The number of allylic oxidation sites excluding steroid dienone is 1. The Labute approximate surface area is 82.1 Å². The molecule has 0 aromatic carbocycles. The molecule has 1 saturated heterocycles. The first-order valence-electron chi connectivity index (χ1n) is 5.05. The molecule has 1 heterocycles. The van der Waals surface area contributed by atoms with Gasteiger partial charge in [-0.2, -0.15) is 0 Å². The molecule has 2 atom stereocenters. The van der Waals surface area contributed by atoms with Crippen LogP contribution in [0.5, 0.6) is 0 Å². The first-order chi connectivity index (χ1) is 6.69. The molecule has 0 aromatic rings. The fourth-order valence-electron chi connectivity index (χ4n) is 3.23. The van der Waals surface area contributed by atoms with Crippen LogP contribution in [0.3, 0.4) is 0 Å². The van der Waals surface area contributed by atoms with Crippen LogP contribution in [0, 0.1) is 10.8 Å². The van der Waals surface area contributed by atoms with Crippen LogP contribution in [0.2, 0.25) is 0 Å². The van der Waals surface area contributed by atoms with Crippen LogP contribution in [-0.2, 0) is 14.3 Å². The van der Waals surface area contributed by atoms with Gasteiger partial charge in [-0.05, 0) is 12.8 Å². The predicted octanol–water partition coefficient (Wildman–Crippen LogP) is 1.23. The van der Waals surface area contributed by atoms with Crippen LogP contribution in [0.1, 0.15) is 25.7 Å². The normalized spacial score (nSPS) is 44.9. The minimum Gasteiger partial charge on any atom is -0.464 e. The highest BCUT2D eigenvalue weighted by Crippen LogP contribution is 2.61. The Bertz CT molecular complexity index is 354. The fourth-order valence-corrected chi connectivity index (χ4v) is 3.23. The third-order valence-electron chi connectivity index (χ3n) is 3.99. The van der Waals surface area contributed by atoms with E-state index in [9.17, 15) is 9.59 Å². The monoisotopic (exact) mass is 192 g/mol. The van der Waals surface area contributed by atoms with Gasteiger partial charge < -0.3 is 4.74 Å². The Morgan fingerprint density at radius 2 is 2.14 bits per heavy atom. The second-order valence-corrected chi connectivity index (χ2v) is 4.66. The van der Waals surface area contributed by atoms with Crippen molar-refractivity contribution in [2.75, 3.05) is 6.61 Å². The Morgan fingerprint density at radius 3 is 2.93 bits per heavy atom. The summed E-state index contributed by atoms with van der Waals surface area (Å²) in [5, 5.41) is 0. The Morgan fingerprint density at radius 1 is 1.29 bits per heavy atom. The van der Waals surface area contributed by atoms with Crippen molar-refractivity contribution in [3.8, 4) is 0 Å². The Balaban J connectivity index is 2.18. The SMILES string of the molecule is O=C1C[C@]23CCC=C[C@@]2(C1)C(=O)OC3. The molecule has 0 N–H and O–H groups in total. The van der Waals surface area contributed by atoms with E-state index < -0.39 is 5.41 Å². The number of ether oxygens (including phenoxy) is 1. The summed E-state index contributed by atoms with van der Waals surface area (Å²) < 4.78 is 5.15. The van der Waals surface area contributed by atoms with Crippen LogP contribution >= 0.6 is 0 Å².